The Morgan fingerprint density at radius 3 is 2.67 bits per heavy atom. The molecule has 4 aromatic rings. The molecule has 184 valence electrons. The Hall–Kier alpha value is -3.06. The first-order valence-electron chi connectivity index (χ1n) is 11.6. The lowest BCUT2D eigenvalue weighted by Gasteiger charge is -2.38. The van der Waals surface area contributed by atoms with Crippen LogP contribution in [0.2, 0.25) is 10.0 Å². The molecule has 0 fully saturated rings. The quantitative estimate of drug-likeness (QED) is 0.272. The summed E-state index contributed by atoms with van der Waals surface area (Å²) in [6.07, 6.45) is 2.32. The summed E-state index contributed by atoms with van der Waals surface area (Å²) in [5.41, 5.74) is 3.29. The number of carbonyl (C=O) groups is 2. The number of benzene rings is 2. The number of nitrogens with zero attached hydrogens (tertiary/aromatic N) is 2. The fourth-order valence-corrected chi connectivity index (χ4v) is 6.09. The highest BCUT2D eigenvalue weighted by molar-refractivity contribution is 7.10. The van der Waals surface area contributed by atoms with Gasteiger partial charge in [-0.05, 0) is 71.8 Å². The molecule has 5 nitrogen and oxygen atoms in total. The average molecular weight is 539 g/mol. The Morgan fingerprint density at radius 2 is 1.92 bits per heavy atom. The van der Waals surface area contributed by atoms with Gasteiger partial charge in [-0.1, -0.05) is 47.5 Å². The summed E-state index contributed by atoms with van der Waals surface area (Å²) in [5.74, 6) is 0.240. The third kappa shape index (κ3) is 4.94. The van der Waals surface area contributed by atoms with Crippen molar-refractivity contribution in [3.05, 3.63) is 115 Å². The number of aryl methyl sites for hydroxylation is 1. The minimum Gasteiger partial charge on any atom is -0.467 e. The van der Waals surface area contributed by atoms with E-state index in [1.54, 1.807) is 52.8 Å². The number of hydrogen-bond donors (Lipinski definition) is 0. The molecular weight excluding hydrogens is 515 g/mol. The van der Waals surface area contributed by atoms with Gasteiger partial charge < -0.3 is 14.2 Å². The van der Waals surface area contributed by atoms with Gasteiger partial charge in [0.15, 0.2) is 0 Å². The maximum atomic E-state index is 13.9. The van der Waals surface area contributed by atoms with Crippen molar-refractivity contribution in [2.45, 2.75) is 25.9 Å². The molecule has 36 heavy (non-hydrogen) atoms. The second-order valence-electron chi connectivity index (χ2n) is 8.76. The van der Waals surface area contributed by atoms with Crippen LogP contribution >= 0.6 is 34.5 Å². The van der Waals surface area contributed by atoms with Gasteiger partial charge in [-0.3, -0.25) is 9.59 Å². The van der Waals surface area contributed by atoms with E-state index in [9.17, 15) is 9.59 Å². The van der Waals surface area contributed by atoms with E-state index in [0.717, 1.165) is 23.1 Å². The van der Waals surface area contributed by atoms with E-state index in [-0.39, 0.29) is 30.9 Å². The highest BCUT2D eigenvalue weighted by Gasteiger charge is 2.35. The van der Waals surface area contributed by atoms with Gasteiger partial charge in [0.05, 0.1) is 18.8 Å². The van der Waals surface area contributed by atoms with Crippen molar-refractivity contribution in [1.82, 2.24) is 9.80 Å². The first-order valence-corrected chi connectivity index (χ1v) is 13.2. The molecule has 0 bridgehead atoms. The predicted octanol–water partition coefficient (Wildman–Crippen LogP) is 6.77. The molecule has 1 atom stereocenters. The molecule has 2 aromatic heterocycles. The van der Waals surface area contributed by atoms with Crippen LogP contribution in [-0.4, -0.2) is 34.7 Å². The summed E-state index contributed by atoms with van der Waals surface area (Å²) in [6, 6.07) is 18.0. The minimum atomic E-state index is -0.351. The normalized spacial score (nSPS) is 15.0. The maximum Gasteiger partial charge on any atom is 0.255 e. The van der Waals surface area contributed by atoms with Crippen LogP contribution in [0.4, 0.5) is 0 Å². The molecule has 3 heterocycles. The Kier molecular flexibility index (Phi) is 7.19. The van der Waals surface area contributed by atoms with Gasteiger partial charge in [-0.25, -0.2) is 0 Å². The second kappa shape index (κ2) is 10.5. The lowest BCUT2D eigenvalue weighted by atomic mass is 9.93. The Bertz CT molecular complexity index is 1400. The number of amides is 2. The molecule has 1 aliphatic rings. The second-order valence-corrected chi connectivity index (χ2v) is 10.6. The van der Waals surface area contributed by atoms with E-state index in [4.69, 9.17) is 27.6 Å². The molecule has 5 rings (SSSR count). The van der Waals surface area contributed by atoms with Crippen LogP contribution in [0.25, 0.3) is 0 Å². The van der Waals surface area contributed by atoms with Crippen LogP contribution in [0.15, 0.2) is 76.7 Å². The van der Waals surface area contributed by atoms with Crippen LogP contribution in [-0.2, 0) is 17.8 Å². The zero-order valence-corrected chi connectivity index (χ0v) is 21.9. The number of fused-ring (bicyclic) bond motifs is 1. The van der Waals surface area contributed by atoms with E-state index in [2.05, 4.69) is 0 Å². The largest absolute Gasteiger partial charge is 0.467 e. The Morgan fingerprint density at radius 1 is 1.08 bits per heavy atom. The molecule has 0 saturated carbocycles. The molecule has 0 saturated heterocycles. The van der Waals surface area contributed by atoms with Crippen LogP contribution < -0.4 is 0 Å². The van der Waals surface area contributed by atoms with Crippen molar-refractivity contribution in [3.8, 4) is 0 Å². The van der Waals surface area contributed by atoms with E-state index in [1.165, 1.54) is 4.88 Å². The molecule has 0 spiro atoms. The predicted molar refractivity (Wildman–Crippen MR) is 143 cm³/mol. The minimum absolute atomic E-state index is 0.0882. The van der Waals surface area contributed by atoms with E-state index < -0.39 is 0 Å². The van der Waals surface area contributed by atoms with Gasteiger partial charge in [0.25, 0.3) is 5.91 Å². The number of thiophene rings is 1. The third-order valence-corrected chi connectivity index (χ3v) is 8.02. The number of carbonyl (C=O) groups excluding carboxylic acids is 2. The molecule has 1 aliphatic heterocycles. The van der Waals surface area contributed by atoms with Gasteiger partial charge in [0, 0.05) is 27.0 Å². The summed E-state index contributed by atoms with van der Waals surface area (Å²) >= 11 is 14.5. The molecule has 1 unspecified atom stereocenters. The van der Waals surface area contributed by atoms with Gasteiger partial charge >= 0.3 is 0 Å². The summed E-state index contributed by atoms with van der Waals surface area (Å²) in [5, 5.41) is 3.09. The first-order chi connectivity index (χ1) is 17.4. The number of halogens is 2. The summed E-state index contributed by atoms with van der Waals surface area (Å²) < 4.78 is 5.51. The SMILES string of the molecule is Cc1ccccc1C(=O)N(CC(=O)N1CCc2sccc2C1c1ccc(Cl)cc1Cl)Cc1ccco1. The summed E-state index contributed by atoms with van der Waals surface area (Å²) in [6.45, 7) is 2.52. The van der Waals surface area contributed by atoms with Gasteiger partial charge in [-0.2, -0.15) is 0 Å². The van der Waals surface area contributed by atoms with Crippen LogP contribution in [0.5, 0.6) is 0 Å². The zero-order valence-electron chi connectivity index (χ0n) is 19.6. The van der Waals surface area contributed by atoms with Crippen LogP contribution in [0, 0.1) is 6.92 Å². The lowest BCUT2D eigenvalue weighted by Crippen LogP contribution is -2.46. The average Bonchev–Trinajstić information content (AvgIpc) is 3.55. The zero-order chi connectivity index (χ0) is 25.2. The fraction of sp³-hybridized carbons (Fsp3) is 0.214. The fourth-order valence-electron chi connectivity index (χ4n) is 4.67. The number of hydrogen-bond acceptors (Lipinski definition) is 4. The Balaban J connectivity index is 1.48. The first kappa shape index (κ1) is 24.6. The van der Waals surface area contributed by atoms with Crippen molar-refractivity contribution >= 4 is 46.4 Å². The molecular formula is C28H24Cl2N2O3S. The van der Waals surface area contributed by atoms with Crippen molar-refractivity contribution in [1.29, 1.82) is 0 Å². The van der Waals surface area contributed by atoms with E-state index in [0.29, 0.717) is 27.9 Å². The number of furan rings is 1. The topological polar surface area (TPSA) is 53.8 Å². The summed E-state index contributed by atoms with van der Waals surface area (Å²) in [4.78, 5) is 32.1. The van der Waals surface area contributed by atoms with Crippen molar-refractivity contribution in [3.63, 3.8) is 0 Å². The van der Waals surface area contributed by atoms with Crippen molar-refractivity contribution < 1.29 is 14.0 Å². The molecule has 2 amide bonds. The third-order valence-electron chi connectivity index (χ3n) is 6.46. The Labute approximate surface area is 223 Å². The van der Waals surface area contributed by atoms with Crippen LogP contribution in [0.1, 0.15) is 43.7 Å². The van der Waals surface area contributed by atoms with Gasteiger partial charge in [-0.15, -0.1) is 11.3 Å². The van der Waals surface area contributed by atoms with E-state index in [1.807, 2.05) is 47.5 Å². The van der Waals surface area contributed by atoms with E-state index >= 15 is 0 Å². The van der Waals surface area contributed by atoms with Crippen molar-refractivity contribution in [2.75, 3.05) is 13.1 Å². The molecule has 2 aromatic carbocycles. The molecule has 0 N–H and O–H groups in total. The monoisotopic (exact) mass is 538 g/mol. The standard InChI is InChI=1S/C28H24Cl2N2O3S/c1-18-5-2-3-7-21(18)28(34)31(16-20-6-4-13-35-20)17-26(33)32-12-10-25-23(11-14-36-25)27(32)22-9-8-19(29)15-24(22)30/h2-9,11,13-15,27H,10,12,16-17H2,1H3. The maximum absolute atomic E-state index is 13.9. The molecule has 8 heteroatoms. The van der Waals surface area contributed by atoms with Crippen LogP contribution in [0.3, 0.4) is 0 Å². The lowest BCUT2D eigenvalue weighted by molar-refractivity contribution is -0.134. The molecule has 0 aliphatic carbocycles. The van der Waals surface area contributed by atoms with Gasteiger partial charge in [0.2, 0.25) is 5.91 Å². The highest BCUT2D eigenvalue weighted by atomic mass is 35.5. The smallest absolute Gasteiger partial charge is 0.255 e. The molecule has 0 radical (unpaired) electrons. The van der Waals surface area contributed by atoms with Crippen molar-refractivity contribution in [2.24, 2.45) is 0 Å². The van der Waals surface area contributed by atoms with Gasteiger partial charge in [0.1, 0.15) is 12.3 Å². The highest BCUT2D eigenvalue weighted by Crippen LogP contribution is 2.41. The number of rotatable bonds is 6. The summed E-state index contributed by atoms with van der Waals surface area (Å²) in [7, 11) is 0.